The van der Waals surface area contributed by atoms with Gasteiger partial charge in [0.1, 0.15) is 0 Å². The summed E-state index contributed by atoms with van der Waals surface area (Å²) in [5.41, 5.74) is 1.51. The van der Waals surface area contributed by atoms with Crippen molar-refractivity contribution in [2.24, 2.45) is 0 Å². The molecule has 1 heterocycles. The Bertz CT molecular complexity index is 882. The summed E-state index contributed by atoms with van der Waals surface area (Å²) in [6.07, 6.45) is 0. The van der Waals surface area contributed by atoms with Crippen LogP contribution < -0.4 is 10.6 Å². The second kappa shape index (κ2) is 8.78. The molecule has 6 heteroatoms. The second-order valence-corrected chi connectivity index (χ2v) is 7.51. The fourth-order valence-corrected chi connectivity index (χ4v) is 3.73. The Hall–Kier alpha value is -2.44. The Labute approximate surface area is 164 Å². The number of rotatable bonds is 6. The first-order chi connectivity index (χ1) is 12.6. The molecule has 3 aromatic rings. The third-order valence-corrected chi connectivity index (χ3v) is 5.19. The van der Waals surface area contributed by atoms with Gasteiger partial charge in [0.25, 0.3) is 5.91 Å². The Morgan fingerprint density at radius 1 is 1.00 bits per heavy atom. The molecule has 0 aliphatic rings. The van der Waals surface area contributed by atoms with Crippen LogP contribution in [0.3, 0.4) is 0 Å². The summed E-state index contributed by atoms with van der Waals surface area (Å²) in [7, 11) is 0. The van der Waals surface area contributed by atoms with Crippen LogP contribution in [0, 0.1) is 0 Å². The van der Waals surface area contributed by atoms with E-state index in [9.17, 15) is 9.59 Å². The van der Waals surface area contributed by atoms with E-state index >= 15 is 0 Å². The molecule has 0 unspecified atom stereocenters. The lowest BCUT2D eigenvalue weighted by Gasteiger charge is -2.18. The standard InChI is InChI=1S/C20H17BrN2O2S/c21-16-9-4-8-15(12-16)20(25)22-13-18(24)23-19(17-10-5-11-26-17)14-6-2-1-3-7-14/h1-12,19H,13H2,(H,22,25)(H,23,24)/t19-/m0/s1. The summed E-state index contributed by atoms with van der Waals surface area (Å²) >= 11 is 4.92. The van der Waals surface area contributed by atoms with Gasteiger partial charge in [-0.3, -0.25) is 9.59 Å². The summed E-state index contributed by atoms with van der Waals surface area (Å²) in [6, 6.07) is 20.5. The molecule has 1 aromatic heterocycles. The fourth-order valence-electron chi connectivity index (χ4n) is 2.52. The highest BCUT2D eigenvalue weighted by atomic mass is 79.9. The molecule has 0 fully saturated rings. The van der Waals surface area contributed by atoms with E-state index in [2.05, 4.69) is 26.6 Å². The molecule has 3 rings (SSSR count). The van der Waals surface area contributed by atoms with E-state index < -0.39 is 0 Å². The average molecular weight is 429 g/mol. The van der Waals surface area contributed by atoms with E-state index in [0.29, 0.717) is 5.56 Å². The minimum Gasteiger partial charge on any atom is -0.343 e. The molecular formula is C20H17BrN2O2S. The van der Waals surface area contributed by atoms with Crippen molar-refractivity contribution < 1.29 is 9.59 Å². The molecule has 0 bridgehead atoms. The Kier molecular flexibility index (Phi) is 6.20. The summed E-state index contributed by atoms with van der Waals surface area (Å²) in [5.74, 6) is -0.524. The second-order valence-electron chi connectivity index (χ2n) is 5.62. The Morgan fingerprint density at radius 2 is 1.81 bits per heavy atom. The molecule has 2 aromatic carbocycles. The fraction of sp³-hybridized carbons (Fsp3) is 0.100. The third-order valence-electron chi connectivity index (χ3n) is 3.76. The van der Waals surface area contributed by atoms with Gasteiger partial charge in [0, 0.05) is 14.9 Å². The summed E-state index contributed by atoms with van der Waals surface area (Å²) < 4.78 is 0.816. The number of carbonyl (C=O) groups is 2. The van der Waals surface area contributed by atoms with Crippen molar-refractivity contribution in [2.75, 3.05) is 6.54 Å². The van der Waals surface area contributed by atoms with Crippen LogP contribution in [0.1, 0.15) is 26.8 Å². The topological polar surface area (TPSA) is 58.2 Å². The molecule has 4 nitrogen and oxygen atoms in total. The van der Waals surface area contributed by atoms with Crippen LogP contribution in [0.2, 0.25) is 0 Å². The van der Waals surface area contributed by atoms with Gasteiger partial charge in [-0.1, -0.05) is 58.4 Å². The lowest BCUT2D eigenvalue weighted by atomic mass is 10.1. The Morgan fingerprint density at radius 3 is 2.50 bits per heavy atom. The van der Waals surface area contributed by atoms with Crippen LogP contribution in [0.15, 0.2) is 76.6 Å². The van der Waals surface area contributed by atoms with Crippen LogP contribution >= 0.6 is 27.3 Å². The first kappa shape index (κ1) is 18.4. The van der Waals surface area contributed by atoms with Gasteiger partial charge in [0.05, 0.1) is 12.6 Å². The zero-order valence-electron chi connectivity index (χ0n) is 13.8. The van der Waals surface area contributed by atoms with Gasteiger partial charge < -0.3 is 10.6 Å². The highest BCUT2D eigenvalue weighted by molar-refractivity contribution is 9.10. The zero-order chi connectivity index (χ0) is 18.4. The van der Waals surface area contributed by atoms with Crippen molar-refractivity contribution in [3.05, 3.63) is 92.6 Å². The van der Waals surface area contributed by atoms with Crippen LogP contribution in [-0.2, 0) is 4.79 Å². The molecule has 1 atom stereocenters. The van der Waals surface area contributed by atoms with Gasteiger partial charge in [-0.15, -0.1) is 11.3 Å². The number of amides is 2. The molecule has 0 saturated carbocycles. The minimum absolute atomic E-state index is 0.0833. The molecule has 26 heavy (non-hydrogen) atoms. The minimum atomic E-state index is -0.283. The van der Waals surface area contributed by atoms with Crippen LogP contribution in [-0.4, -0.2) is 18.4 Å². The van der Waals surface area contributed by atoms with E-state index in [-0.39, 0.29) is 24.4 Å². The summed E-state index contributed by atoms with van der Waals surface area (Å²) in [4.78, 5) is 25.6. The average Bonchev–Trinajstić information content (AvgIpc) is 3.19. The monoisotopic (exact) mass is 428 g/mol. The van der Waals surface area contributed by atoms with E-state index in [1.165, 1.54) is 0 Å². The van der Waals surface area contributed by atoms with Gasteiger partial charge in [-0.05, 0) is 35.2 Å². The Balaban J connectivity index is 1.64. The normalized spacial score (nSPS) is 11.6. The van der Waals surface area contributed by atoms with E-state index in [1.807, 2.05) is 53.9 Å². The predicted molar refractivity (Wildman–Crippen MR) is 107 cm³/mol. The van der Waals surface area contributed by atoms with Gasteiger partial charge in [-0.25, -0.2) is 0 Å². The smallest absolute Gasteiger partial charge is 0.251 e. The largest absolute Gasteiger partial charge is 0.343 e. The van der Waals surface area contributed by atoms with E-state index in [0.717, 1.165) is 14.9 Å². The van der Waals surface area contributed by atoms with Crippen LogP contribution in [0.4, 0.5) is 0 Å². The molecule has 0 aliphatic carbocycles. The zero-order valence-corrected chi connectivity index (χ0v) is 16.2. The van der Waals surface area contributed by atoms with Gasteiger partial charge in [0.2, 0.25) is 5.91 Å². The first-order valence-electron chi connectivity index (χ1n) is 8.05. The summed E-state index contributed by atoms with van der Waals surface area (Å²) in [5, 5.41) is 7.64. The first-order valence-corrected chi connectivity index (χ1v) is 9.72. The number of carbonyl (C=O) groups excluding carboxylic acids is 2. The molecular weight excluding hydrogens is 412 g/mol. The number of nitrogens with one attached hydrogen (secondary N) is 2. The van der Waals surface area contributed by atoms with Gasteiger partial charge in [-0.2, -0.15) is 0 Å². The van der Waals surface area contributed by atoms with Crippen LogP contribution in [0.5, 0.6) is 0 Å². The van der Waals surface area contributed by atoms with Crippen molar-refractivity contribution in [1.82, 2.24) is 10.6 Å². The maximum Gasteiger partial charge on any atom is 0.251 e. The molecule has 0 spiro atoms. The highest BCUT2D eigenvalue weighted by Crippen LogP contribution is 2.25. The molecule has 0 saturated heterocycles. The summed E-state index contributed by atoms with van der Waals surface area (Å²) in [6.45, 7) is -0.0833. The highest BCUT2D eigenvalue weighted by Gasteiger charge is 2.18. The van der Waals surface area contributed by atoms with Crippen molar-refractivity contribution in [3.63, 3.8) is 0 Å². The van der Waals surface area contributed by atoms with Crippen molar-refractivity contribution in [2.45, 2.75) is 6.04 Å². The molecule has 0 radical (unpaired) electrons. The predicted octanol–water partition coefficient (Wildman–Crippen LogP) is 4.15. The number of halogens is 1. The molecule has 0 aliphatic heterocycles. The van der Waals surface area contributed by atoms with Crippen molar-refractivity contribution in [1.29, 1.82) is 0 Å². The third kappa shape index (κ3) is 4.80. The van der Waals surface area contributed by atoms with Gasteiger partial charge >= 0.3 is 0 Å². The maximum absolute atomic E-state index is 12.4. The molecule has 2 N–H and O–H groups in total. The lowest BCUT2D eigenvalue weighted by molar-refractivity contribution is -0.120. The number of benzene rings is 2. The number of hydrogen-bond donors (Lipinski definition) is 2. The van der Waals surface area contributed by atoms with Crippen LogP contribution in [0.25, 0.3) is 0 Å². The number of hydrogen-bond acceptors (Lipinski definition) is 3. The van der Waals surface area contributed by atoms with E-state index in [1.54, 1.807) is 29.5 Å². The maximum atomic E-state index is 12.4. The van der Waals surface area contributed by atoms with Crippen molar-refractivity contribution >= 4 is 39.1 Å². The number of thiophene rings is 1. The lowest BCUT2D eigenvalue weighted by Crippen LogP contribution is -2.38. The van der Waals surface area contributed by atoms with Gasteiger partial charge in [0.15, 0.2) is 0 Å². The van der Waals surface area contributed by atoms with E-state index in [4.69, 9.17) is 0 Å². The van der Waals surface area contributed by atoms with Crippen molar-refractivity contribution in [3.8, 4) is 0 Å². The molecule has 132 valence electrons. The molecule has 2 amide bonds. The quantitative estimate of drug-likeness (QED) is 0.619. The SMILES string of the molecule is O=C(CNC(=O)c1cccc(Br)c1)N[C@@H](c1ccccc1)c1cccs1.